The SMILES string of the molecule is COc1ccc2cc([C@@H]3CCN(C[C@H](O)COc4cccc5occc45)[C@H](C)C3)sc2c1.O=C(O)C(=O)O. The van der Waals surface area contributed by atoms with Crippen molar-refractivity contribution in [2.75, 3.05) is 26.8 Å². The number of furan rings is 1. The molecule has 9 nitrogen and oxygen atoms in total. The van der Waals surface area contributed by atoms with E-state index < -0.39 is 18.0 Å². The molecule has 0 bridgehead atoms. The van der Waals surface area contributed by atoms with Gasteiger partial charge in [0.15, 0.2) is 0 Å². The van der Waals surface area contributed by atoms with Gasteiger partial charge >= 0.3 is 11.9 Å². The molecule has 3 atom stereocenters. The van der Waals surface area contributed by atoms with Crippen molar-refractivity contribution >= 4 is 44.3 Å². The molecular formula is C28H31NO8S. The lowest BCUT2D eigenvalue weighted by Crippen LogP contribution is -2.45. The Morgan fingerprint density at radius 3 is 2.66 bits per heavy atom. The maximum Gasteiger partial charge on any atom is 0.414 e. The second kappa shape index (κ2) is 12.3. The molecule has 10 heteroatoms. The lowest BCUT2D eigenvalue weighted by atomic mass is 9.90. The van der Waals surface area contributed by atoms with Gasteiger partial charge in [0, 0.05) is 22.2 Å². The highest BCUT2D eigenvalue weighted by Gasteiger charge is 2.29. The summed E-state index contributed by atoms with van der Waals surface area (Å²) in [5.41, 5.74) is 0.798. The first-order chi connectivity index (χ1) is 18.2. The molecule has 1 aliphatic rings. The molecule has 3 heterocycles. The number of methoxy groups -OCH3 is 1. The van der Waals surface area contributed by atoms with Gasteiger partial charge in [-0.15, -0.1) is 11.3 Å². The lowest BCUT2D eigenvalue weighted by Gasteiger charge is -2.38. The Morgan fingerprint density at radius 1 is 1.16 bits per heavy atom. The second-order valence-corrected chi connectivity index (χ2v) is 10.4. The van der Waals surface area contributed by atoms with Gasteiger partial charge in [-0.2, -0.15) is 0 Å². The lowest BCUT2D eigenvalue weighted by molar-refractivity contribution is -0.159. The number of hydrogen-bond acceptors (Lipinski definition) is 8. The fourth-order valence-corrected chi connectivity index (χ4v) is 5.95. The van der Waals surface area contributed by atoms with Crippen LogP contribution in [0, 0.1) is 0 Å². The predicted molar refractivity (Wildman–Crippen MR) is 144 cm³/mol. The van der Waals surface area contributed by atoms with Gasteiger partial charge in [-0.3, -0.25) is 4.90 Å². The Morgan fingerprint density at radius 2 is 1.95 bits per heavy atom. The van der Waals surface area contributed by atoms with Crippen LogP contribution in [0.25, 0.3) is 21.1 Å². The first-order valence-electron chi connectivity index (χ1n) is 12.3. The summed E-state index contributed by atoms with van der Waals surface area (Å²) >= 11 is 1.88. The zero-order valence-corrected chi connectivity index (χ0v) is 22.0. The highest BCUT2D eigenvalue weighted by Crippen LogP contribution is 2.39. The summed E-state index contributed by atoms with van der Waals surface area (Å²) in [6.45, 7) is 4.15. The first kappa shape index (κ1) is 27.4. The van der Waals surface area contributed by atoms with Gasteiger partial charge in [-0.1, -0.05) is 6.07 Å². The van der Waals surface area contributed by atoms with Crippen LogP contribution in [0.15, 0.2) is 59.2 Å². The normalized spacial score (nSPS) is 18.5. The maximum atomic E-state index is 10.6. The number of nitrogens with zero attached hydrogens (tertiary/aromatic N) is 1. The van der Waals surface area contributed by atoms with E-state index in [-0.39, 0.29) is 6.61 Å². The third-order valence-electron chi connectivity index (χ3n) is 6.68. The summed E-state index contributed by atoms with van der Waals surface area (Å²) in [4.78, 5) is 22.0. The van der Waals surface area contributed by atoms with Crippen LogP contribution in [0.5, 0.6) is 11.5 Å². The minimum atomic E-state index is -1.82. The number of fused-ring (bicyclic) bond motifs is 2. The number of carboxylic acids is 2. The summed E-state index contributed by atoms with van der Waals surface area (Å²) in [6, 6.07) is 16.7. The van der Waals surface area contributed by atoms with Crippen LogP contribution in [-0.2, 0) is 9.59 Å². The largest absolute Gasteiger partial charge is 0.497 e. The fourth-order valence-electron chi connectivity index (χ4n) is 4.71. The standard InChI is InChI=1S/C26H29NO4S.C2H2O4/c1-17-12-19(25-13-18-6-7-21(29-2)14-26(18)32-25)8-10-27(17)15-20(28)16-31-24-5-3-4-23-22(24)9-11-30-23;3-1(4)2(5)6/h3-7,9,11,13-14,17,19-20,28H,8,10,12,15-16H2,1-2H3;(H,3,4)(H,5,6)/t17-,19-,20+;/m1./s1. The average molecular weight is 542 g/mol. The molecule has 1 aliphatic heterocycles. The minimum Gasteiger partial charge on any atom is -0.497 e. The van der Waals surface area contributed by atoms with Crippen LogP contribution in [0.4, 0.5) is 0 Å². The van der Waals surface area contributed by atoms with Gasteiger partial charge in [-0.05, 0) is 80.1 Å². The van der Waals surface area contributed by atoms with E-state index in [2.05, 4.69) is 30.0 Å². The molecule has 202 valence electrons. The molecule has 0 saturated carbocycles. The second-order valence-electron chi connectivity index (χ2n) is 9.28. The number of likely N-dealkylation sites (tertiary alicyclic amines) is 1. The molecule has 38 heavy (non-hydrogen) atoms. The molecule has 1 fully saturated rings. The van der Waals surface area contributed by atoms with E-state index in [1.165, 1.54) is 15.0 Å². The summed E-state index contributed by atoms with van der Waals surface area (Å²) in [6.07, 6.45) is 3.34. The number of rotatable bonds is 7. The van der Waals surface area contributed by atoms with Gasteiger partial charge in [-0.25, -0.2) is 9.59 Å². The molecular weight excluding hydrogens is 510 g/mol. The molecule has 4 aromatic rings. The van der Waals surface area contributed by atoms with Gasteiger partial charge in [0.05, 0.1) is 18.8 Å². The van der Waals surface area contributed by atoms with Gasteiger partial charge in [0.25, 0.3) is 0 Å². The Labute approximate surface area is 223 Å². The Hall–Kier alpha value is -3.60. The van der Waals surface area contributed by atoms with Crippen molar-refractivity contribution in [1.82, 2.24) is 4.90 Å². The zero-order chi connectivity index (χ0) is 27.2. The number of aliphatic hydroxyl groups is 1. The topological polar surface area (TPSA) is 130 Å². The van der Waals surface area contributed by atoms with E-state index in [0.29, 0.717) is 18.5 Å². The van der Waals surface area contributed by atoms with Crippen molar-refractivity contribution < 1.29 is 38.8 Å². The molecule has 3 N–H and O–H groups in total. The minimum absolute atomic E-state index is 0.273. The smallest absolute Gasteiger partial charge is 0.414 e. The van der Waals surface area contributed by atoms with Crippen LogP contribution in [0.1, 0.15) is 30.6 Å². The number of aliphatic carboxylic acids is 2. The van der Waals surface area contributed by atoms with Crippen LogP contribution >= 0.6 is 11.3 Å². The van der Waals surface area contributed by atoms with Crippen molar-refractivity contribution in [3.8, 4) is 11.5 Å². The number of aliphatic hydroxyl groups excluding tert-OH is 1. The van der Waals surface area contributed by atoms with E-state index in [4.69, 9.17) is 33.7 Å². The number of carbonyl (C=O) groups is 2. The molecule has 5 rings (SSSR count). The number of hydrogen-bond donors (Lipinski definition) is 3. The van der Waals surface area contributed by atoms with E-state index >= 15 is 0 Å². The number of piperidine rings is 1. The molecule has 0 aliphatic carbocycles. The summed E-state index contributed by atoms with van der Waals surface area (Å²) in [5, 5.41) is 27.6. The molecule has 0 amide bonds. The average Bonchev–Trinajstić information content (AvgIpc) is 3.56. The van der Waals surface area contributed by atoms with Crippen molar-refractivity contribution in [3.63, 3.8) is 0 Å². The molecule has 2 aromatic heterocycles. The van der Waals surface area contributed by atoms with Crippen molar-refractivity contribution in [2.45, 2.75) is 37.8 Å². The molecule has 1 saturated heterocycles. The van der Waals surface area contributed by atoms with Crippen LogP contribution < -0.4 is 9.47 Å². The van der Waals surface area contributed by atoms with E-state index in [1.807, 2.05) is 41.7 Å². The number of thiophene rings is 1. The van der Waals surface area contributed by atoms with Crippen molar-refractivity contribution in [3.05, 3.63) is 59.7 Å². The fraction of sp³-hybridized carbons (Fsp3) is 0.357. The first-order valence-corrected chi connectivity index (χ1v) is 13.1. The predicted octanol–water partition coefficient (Wildman–Crippen LogP) is 4.82. The molecule has 0 radical (unpaired) electrons. The highest BCUT2D eigenvalue weighted by molar-refractivity contribution is 7.19. The quantitative estimate of drug-likeness (QED) is 0.282. The van der Waals surface area contributed by atoms with E-state index in [1.54, 1.807) is 13.4 Å². The van der Waals surface area contributed by atoms with Crippen LogP contribution in [0.2, 0.25) is 0 Å². The van der Waals surface area contributed by atoms with Gasteiger partial charge in [0.1, 0.15) is 29.8 Å². The van der Waals surface area contributed by atoms with Gasteiger partial charge in [0.2, 0.25) is 0 Å². The number of ether oxygens (including phenoxy) is 2. The van der Waals surface area contributed by atoms with E-state index in [9.17, 15) is 5.11 Å². The maximum absolute atomic E-state index is 10.6. The Bertz CT molecular complexity index is 1380. The molecule has 0 spiro atoms. The van der Waals surface area contributed by atoms with Crippen molar-refractivity contribution in [2.24, 2.45) is 0 Å². The van der Waals surface area contributed by atoms with Crippen molar-refractivity contribution in [1.29, 1.82) is 0 Å². The third kappa shape index (κ3) is 6.63. The van der Waals surface area contributed by atoms with E-state index in [0.717, 1.165) is 41.9 Å². The highest BCUT2D eigenvalue weighted by atomic mass is 32.1. The summed E-state index contributed by atoms with van der Waals surface area (Å²) in [7, 11) is 1.71. The monoisotopic (exact) mass is 541 g/mol. The number of benzene rings is 2. The van der Waals surface area contributed by atoms with Gasteiger partial charge < -0.3 is 29.2 Å². The Balaban J connectivity index is 0.000000505. The summed E-state index contributed by atoms with van der Waals surface area (Å²) in [5.74, 6) is -1.42. The van der Waals surface area contributed by atoms with Crippen LogP contribution in [0.3, 0.4) is 0 Å². The Kier molecular flexibility index (Phi) is 8.88. The van der Waals surface area contributed by atoms with Crippen LogP contribution in [-0.4, -0.2) is 71.1 Å². The number of carboxylic acid groups (broad SMARTS) is 2. The molecule has 0 unspecified atom stereocenters. The third-order valence-corrected chi connectivity index (χ3v) is 7.94. The summed E-state index contributed by atoms with van der Waals surface area (Å²) < 4.78 is 18.0. The zero-order valence-electron chi connectivity index (χ0n) is 21.2. The molecule has 2 aromatic carbocycles. The number of β-amino-alcohol motifs (C(OH)–C–C–N with tert-alkyl or cyclic N) is 1.